The van der Waals surface area contributed by atoms with E-state index >= 15 is 0 Å². The second kappa shape index (κ2) is 7.50. The maximum absolute atomic E-state index is 9.59. The third-order valence-corrected chi connectivity index (χ3v) is 5.17. The Kier molecular flexibility index (Phi) is 5.96. The summed E-state index contributed by atoms with van der Waals surface area (Å²) in [6, 6.07) is 0.276. The maximum atomic E-state index is 9.59. The van der Waals surface area contributed by atoms with Gasteiger partial charge in [0, 0.05) is 24.6 Å². The maximum Gasteiger partial charge on any atom is 0.122 e. The summed E-state index contributed by atoms with van der Waals surface area (Å²) in [5.41, 5.74) is 1.10. The first-order valence-corrected chi connectivity index (χ1v) is 8.44. The van der Waals surface area contributed by atoms with Gasteiger partial charge in [0.05, 0.1) is 12.3 Å². The molecule has 1 saturated heterocycles. The fraction of sp³-hybridized carbons (Fsp3) is 0.800. The molecular formula is C15H26N2O2S. The number of hydrogen-bond donors (Lipinski definition) is 1. The van der Waals surface area contributed by atoms with Gasteiger partial charge in [-0.2, -0.15) is 0 Å². The van der Waals surface area contributed by atoms with E-state index in [0.717, 1.165) is 23.8 Å². The third kappa shape index (κ3) is 3.79. The molecule has 114 valence electrons. The van der Waals surface area contributed by atoms with E-state index in [4.69, 9.17) is 4.74 Å². The molecule has 0 radical (unpaired) electrons. The molecule has 1 fully saturated rings. The number of aliphatic hydroxyl groups excluding tert-OH is 1. The summed E-state index contributed by atoms with van der Waals surface area (Å²) in [6.07, 6.45) is 2.50. The summed E-state index contributed by atoms with van der Waals surface area (Å²) in [5.74, 6) is 0.564. The normalized spacial score (nSPS) is 25.8. The molecule has 1 aromatic rings. The van der Waals surface area contributed by atoms with Gasteiger partial charge in [0.15, 0.2) is 0 Å². The molecule has 0 aliphatic carbocycles. The minimum absolute atomic E-state index is 0.0765. The fourth-order valence-electron chi connectivity index (χ4n) is 2.94. The molecule has 1 aliphatic rings. The van der Waals surface area contributed by atoms with Gasteiger partial charge < -0.3 is 9.84 Å². The number of thiazole rings is 1. The van der Waals surface area contributed by atoms with Crippen LogP contribution in [-0.4, -0.2) is 40.8 Å². The lowest BCUT2D eigenvalue weighted by atomic mass is 9.91. The van der Waals surface area contributed by atoms with Crippen LogP contribution in [0.5, 0.6) is 0 Å². The minimum Gasteiger partial charge on any atom is -0.395 e. The van der Waals surface area contributed by atoms with E-state index in [1.807, 2.05) is 13.8 Å². The van der Waals surface area contributed by atoms with Crippen molar-refractivity contribution in [2.24, 2.45) is 5.92 Å². The Bertz CT molecular complexity index is 410. The molecule has 4 nitrogen and oxygen atoms in total. The highest BCUT2D eigenvalue weighted by atomic mass is 32.1. The summed E-state index contributed by atoms with van der Waals surface area (Å²) < 4.78 is 5.58. The summed E-state index contributed by atoms with van der Waals surface area (Å²) in [7, 11) is 0. The molecule has 1 N–H and O–H groups in total. The number of aromatic nitrogens is 1. The van der Waals surface area contributed by atoms with Gasteiger partial charge in [-0.15, -0.1) is 11.3 Å². The molecule has 0 aromatic carbocycles. The number of rotatable bonds is 6. The third-order valence-electron chi connectivity index (χ3n) is 4.12. The van der Waals surface area contributed by atoms with E-state index in [1.165, 1.54) is 12.8 Å². The highest BCUT2D eigenvalue weighted by Crippen LogP contribution is 2.26. The quantitative estimate of drug-likeness (QED) is 0.877. The van der Waals surface area contributed by atoms with Gasteiger partial charge in [-0.25, -0.2) is 4.98 Å². The zero-order valence-corrected chi connectivity index (χ0v) is 13.5. The number of likely N-dealkylation sites (tertiary alicyclic amines) is 1. The second-order valence-electron chi connectivity index (χ2n) is 5.61. The predicted molar refractivity (Wildman–Crippen MR) is 81.8 cm³/mol. The second-order valence-corrected chi connectivity index (χ2v) is 6.50. The first kappa shape index (κ1) is 15.9. The first-order chi connectivity index (χ1) is 9.65. The molecule has 0 spiro atoms. The zero-order valence-electron chi connectivity index (χ0n) is 12.7. The van der Waals surface area contributed by atoms with Crippen molar-refractivity contribution in [1.82, 2.24) is 9.88 Å². The van der Waals surface area contributed by atoms with Crippen LogP contribution in [0.1, 0.15) is 50.4 Å². The van der Waals surface area contributed by atoms with Crippen LogP contribution in [0.2, 0.25) is 0 Å². The monoisotopic (exact) mass is 298 g/mol. The summed E-state index contributed by atoms with van der Waals surface area (Å²) in [5, 5.41) is 12.8. The molecule has 0 saturated carbocycles. The Hall–Kier alpha value is -0.490. The fourth-order valence-corrected chi connectivity index (χ4v) is 3.75. The zero-order chi connectivity index (χ0) is 14.5. The molecule has 1 aliphatic heterocycles. The highest BCUT2D eigenvalue weighted by Gasteiger charge is 2.28. The topological polar surface area (TPSA) is 45.6 Å². The van der Waals surface area contributed by atoms with Crippen molar-refractivity contribution in [3.05, 3.63) is 16.1 Å². The van der Waals surface area contributed by atoms with Gasteiger partial charge in [-0.05, 0) is 39.2 Å². The minimum atomic E-state index is 0.0765. The van der Waals surface area contributed by atoms with Gasteiger partial charge in [0.25, 0.3) is 0 Å². The Morgan fingerprint density at radius 2 is 2.40 bits per heavy atom. The van der Waals surface area contributed by atoms with Gasteiger partial charge in [0.1, 0.15) is 11.1 Å². The molecule has 2 heterocycles. The lowest BCUT2D eigenvalue weighted by Crippen LogP contribution is -2.46. The van der Waals surface area contributed by atoms with Crippen LogP contribution in [0, 0.1) is 5.92 Å². The standard InChI is InChI=1S/C15H26N2O2S/c1-4-19-12(3)15-16-13(10-20-15)8-17-7-5-6-11(2)14(17)9-18/h10-12,14,18H,4-9H2,1-3H3. The molecule has 0 bridgehead atoms. The van der Waals surface area contributed by atoms with E-state index in [0.29, 0.717) is 12.5 Å². The van der Waals surface area contributed by atoms with Crippen molar-refractivity contribution in [1.29, 1.82) is 0 Å². The molecule has 2 rings (SSSR count). The van der Waals surface area contributed by atoms with Crippen molar-refractivity contribution in [2.75, 3.05) is 19.8 Å². The molecule has 5 heteroatoms. The van der Waals surface area contributed by atoms with Gasteiger partial charge in [-0.1, -0.05) is 6.92 Å². The average molecular weight is 298 g/mol. The number of hydrogen-bond acceptors (Lipinski definition) is 5. The number of ether oxygens (including phenoxy) is 1. The lowest BCUT2D eigenvalue weighted by Gasteiger charge is -2.38. The van der Waals surface area contributed by atoms with Gasteiger partial charge in [-0.3, -0.25) is 4.90 Å². The van der Waals surface area contributed by atoms with Gasteiger partial charge >= 0.3 is 0 Å². The van der Waals surface area contributed by atoms with E-state index in [1.54, 1.807) is 11.3 Å². The van der Waals surface area contributed by atoms with Crippen molar-refractivity contribution < 1.29 is 9.84 Å². The van der Waals surface area contributed by atoms with E-state index in [9.17, 15) is 5.11 Å². The van der Waals surface area contributed by atoms with Crippen LogP contribution in [0.4, 0.5) is 0 Å². The van der Waals surface area contributed by atoms with Crippen molar-refractivity contribution >= 4 is 11.3 Å². The summed E-state index contributed by atoms with van der Waals surface area (Å²) in [6.45, 7) is 9.14. The molecule has 3 atom stereocenters. The van der Waals surface area contributed by atoms with Crippen LogP contribution in [0.15, 0.2) is 5.38 Å². The number of nitrogens with zero attached hydrogens (tertiary/aromatic N) is 2. The average Bonchev–Trinajstić information content (AvgIpc) is 2.88. The SMILES string of the molecule is CCOC(C)c1nc(CN2CCCC(C)C2CO)cs1. The molecular weight excluding hydrogens is 272 g/mol. The highest BCUT2D eigenvalue weighted by molar-refractivity contribution is 7.09. The van der Waals surface area contributed by atoms with Crippen LogP contribution in [0.3, 0.4) is 0 Å². The smallest absolute Gasteiger partial charge is 0.122 e. The van der Waals surface area contributed by atoms with E-state index in [2.05, 4.69) is 22.2 Å². The Balaban J connectivity index is 1.98. The summed E-state index contributed by atoms with van der Waals surface area (Å²) >= 11 is 1.67. The number of piperidine rings is 1. The number of aliphatic hydroxyl groups is 1. The van der Waals surface area contributed by atoms with Crippen LogP contribution >= 0.6 is 11.3 Å². The Morgan fingerprint density at radius 3 is 3.10 bits per heavy atom. The Morgan fingerprint density at radius 1 is 1.60 bits per heavy atom. The van der Waals surface area contributed by atoms with Crippen molar-refractivity contribution in [2.45, 2.75) is 52.3 Å². The molecule has 20 heavy (non-hydrogen) atoms. The molecule has 1 aromatic heterocycles. The van der Waals surface area contributed by atoms with E-state index in [-0.39, 0.29) is 18.8 Å². The predicted octanol–water partition coefficient (Wildman–Crippen LogP) is 2.83. The molecule has 3 unspecified atom stereocenters. The van der Waals surface area contributed by atoms with Crippen molar-refractivity contribution in [3.63, 3.8) is 0 Å². The van der Waals surface area contributed by atoms with Crippen molar-refractivity contribution in [3.8, 4) is 0 Å². The Labute approximate surface area is 125 Å². The lowest BCUT2D eigenvalue weighted by molar-refractivity contribution is 0.0461. The van der Waals surface area contributed by atoms with Crippen LogP contribution in [-0.2, 0) is 11.3 Å². The molecule has 0 amide bonds. The van der Waals surface area contributed by atoms with E-state index < -0.39 is 0 Å². The van der Waals surface area contributed by atoms with Gasteiger partial charge in [0.2, 0.25) is 0 Å². The first-order valence-electron chi connectivity index (χ1n) is 7.56. The largest absolute Gasteiger partial charge is 0.395 e. The summed E-state index contributed by atoms with van der Waals surface area (Å²) in [4.78, 5) is 7.06. The van der Waals surface area contributed by atoms with Crippen LogP contribution < -0.4 is 0 Å². The van der Waals surface area contributed by atoms with Crippen LogP contribution in [0.25, 0.3) is 0 Å².